The molecule has 1 aromatic rings. The molecular formula is C17H26N2O3. The van der Waals surface area contributed by atoms with Gasteiger partial charge in [0, 0.05) is 31.0 Å². The first kappa shape index (κ1) is 15.5. The highest BCUT2D eigenvalue weighted by Crippen LogP contribution is 2.40. The number of aromatic nitrogens is 1. The highest BCUT2D eigenvalue weighted by Gasteiger charge is 2.40. The molecule has 5 heteroatoms. The molecule has 2 atom stereocenters. The van der Waals surface area contributed by atoms with Crippen LogP contribution in [-0.4, -0.2) is 39.8 Å². The fourth-order valence-electron chi connectivity index (χ4n) is 3.31. The first-order chi connectivity index (χ1) is 10.4. The zero-order valence-electron chi connectivity index (χ0n) is 13.7. The number of nitrogens with zero attached hydrogens (tertiary/aromatic N) is 2. The molecule has 122 valence electrons. The average molecular weight is 306 g/mol. The topological polar surface area (TPSA) is 66.6 Å². The van der Waals surface area contributed by atoms with Gasteiger partial charge in [0.25, 0.3) is 5.91 Å². The molecule has 0 spiro atoms. The van der Waals surface area contributed by atoms with Gasteiger partial charge in [0.1, 0.15) is 5.76 Å². The summed E-state index contributed by atoms with van der Waals surface area (Å²) in [6, 6.07) is 1.80. The summed E-state index contributed by atoms with van der Waals surface area (Å²) in [5.41, 5.74) is -0.281. The van der Waals surface area contributed by atoms with E-state index in [0.29, 0.717) is 37.0 Å². The van der Waals surface area contributed by atoms with Gasteiger partial charge in [0.05, 0.1) is 5.60 Å². The number of amides is 1. The Morgan fingerprint density at radius 3 is 2.91 bits per heavy atom. The van der Waals surface area contributed by atoms with Crippen LogP contribution in [0, 0.1) is 11.8 Å². The first-order valence-electron chi connectivity index (χ1n) is 8.35. The van der Waals surface area contributed by atoms with Crippen LogP contribution in [0.2, 0.25) is 0 Å². The number of piperidine rings is 1. The van der Waals surface area contributed by atoms with Gasteiger partial charge in [-0.05, 0) is 38.5 Å². The normalized spacial score (nSPS) is 29.1. The maximum Gasteiger partial charge on any atom is 0.276 e. The Morgan fingerprint density at radius 2 is 2.27 bits per heavy atom. The van der Waals surface area contributed by atoms with Gasteiger partial charge in [-0.3, -0.25) is 4.79 Å². The molecule has 1 amide bonds. The van der Waals surface area contributed by atoms with E-state index in [-0.39, 0.29) is 11.8 Å². The zero-order valence-corrected chi connectivity index (χ0v) is 13.7. The van der Waals surface area contributed by atoms with Crippen molar-refractivity contribution in [3.8, 4) is 0 Å². The Kier molecular flexibility index (Phi) is 4.02. The molecule has 2 fully saturated rings. The van der Waals surface area contributed by atoms with Crippen LogP contribution in [0.1, 0.15) is 68.6 Å². The molecule has 0 radical (unpaired) electrons. The molecule has 1 saturated heterocycles. The van der Waals surface area contributed by atoms with Gasteiger partial charge in [0.2, 0.25) is 0 Å². The molecule has 22 heavy (non-hydrogen) atoms. The molecule has 5 nitrogen and oxygen atoms in total. The quantitative estimate of drug-likeness (QED) is 0.929. The Labute approximate surface area is 131 Å². The zero-order chi connectivity index (χ0) is 15.9. The number of carbonyl (C=O) groups is 1. The van der Waals surface area contributed by atoms with E-state index >= 15 is 0 Å². The van der Waals surface area contributed by atoms with E-state index in [9.17, 15) is 9.90 Å². The summed E-state index contributed by atoms with van der Waals surface area (Å²) in [6.45, 7) is 7.36. The van der Waals surface area contributed by atoms with E-state index in [1.54, 1.807) is 6.07 Å². The minimum atomic E-state index is -0.690. The molecule has 2 aliphatic rings. The lowest BCUT2D eigenvalue weighted by Crippen LogP contribution is -2.52. The van der Waals surface area contributed by atoms with Crippen LogP contribution in [0.4, 0.5) is 0 Å². The van der Waals surface area contributed by atoms with Crippen molar-refractivity contribution in [3.63, 3.8) is 0 Å². The summed E-state index contributed by atoms with van der Waals surface area (Å²) in [5, 5.41) is 14.5. The Morgan fingerprint density at radius 1 is 1.55 bits per heavy atom. The smallest absolute Gasteiger partial charge is 0.276 e. The highest BCUT2D eigenvalue weighted by atomic mass is 16.5. The van der Waals surface area contributed by atoms with Gasteiger partial charge < -0.3 is 14.5 Å². The number of rotatable bonds is 4. The molecule has 1 saturated carbocycles. The van der Waals surface area contributed by atoms with Gasteiger partial charge in [-0.15, -0.1) is 0 Å². The minimum absolute atomic E-state index is 0.0695. The van der Waals surface area contributed by atoms with Gasteiger partial charge in [-0.2, -0.15) is 0 Å². The van der Waals surface area contributed by atoms with E-state index in [4.69, 9.17) is 4.52 Å². The summed E-state index contributed by atoms with van der Waals surface area (Å²) in [5.74, 6) is 1.84. The van der Waals surface area contributed by atoms with Crippen LogP contribution in [0.15, 0.2) is 10.6 Å². The van der Waals surface area contributed by atoms with Crippen LogP contribution in [0.25, 0.3) is 0 Å². The Bertz CT molecular complexity index is 546. The molecule has 1 aliphatic carbocycles. The van der Waals surface area contributed by atoms with Gasteiger partial charge in [0.15, 0.2) is 5.69 Å². The van der Waals surface area contributed by atoms with Crippen LogP contribution >= 0.6 is 0 Å². The monoisotopic (exact) mass is 306 g/mol. The van der Waals surface area contributed by atoms with Gasteiger partial charge in [-0.1, -0.05) is 19.0 Å². The third-order valence-electron chi connectivity index (χ3n) is 4.98. The van der Waals surface area contributed by atoms with Crippen molar-refractivity contribution in [1.82, 2.24) is 10.1 Å². The molecule has 3 rings (SSSR count). The SMILES string of the molecule is CC(C)C[C@H]1CN(C(=O)c2cc(C3CC3)on2)CC[C@@]1(C)O. The van der Waals surface area contributed by atoms with Crippen molar-refractivity contribution in [3.05, 3.63) is 17.5 Å². The van der Waals surface area contributed by atoms with Crippen molar-refractivity contribution in [2.75, 3.05) is 13.1 Å². The van der Waals surface area contributed by atoms with Crippen LogP contribution in [0.5, 0.6) is 0 Å². The second kappa shape index (κ2) is 5.69. The highest BCUT2D eigenvalue weighted by molar-refractivity contribution is 5.92. The van der Waals surface area contributed by atoms with E-state index < -0.39 is 5.60 Å². The Hall–Kier alpha value is -1.36. The third-order valence-corrected chi connectivity index (χ3v) is 4.98. The molecular weight excluding hydrogens is 280 g/mol. The maximum absolute atomic E-state index is 12.6. The number of carbonyl (C=O) groups excluding carboxylic acids is 1. The Balaban J connectivity index is 1.69. The second-order valence-corrected chi connectivity index (χ2v) is 7.57. The molecule has 0 aromatic carbocycles. The summed E-state index contributed by atoms with van der Waals surface area (Å²) < 4.78 is 5.29. The van der Waals surface area contributed by atoms with Gasteiger partial charge >= 0.3 is 0 Å². The molecule has 1 aliphatic heterocycles. The average Bonchev–Trinajstić information content (AvgIpc) is 3.18. The first-order valence-corrected chi connectivity index (χ1v) is 8.35. The van der Waals surface area contributed by atoms with Crippen molar-refractivity contribution >= 4 is 5.91 Å². The van der Waals surface area contributed by atoms with Crippen LogP contribution < -0.4 is 0 Å². The third kappa shape index (κ3) is 3.19. The van der Waals surface area contributed by atoms with Crippen LogP contribution in [0.3, 0.4) is 0 Å². The number of hydrogen-bond donors (Lipinski definition) is 1. The number of hydrogen-bond acceptors (Lipinski definition) is 4. The van der Waals surface area contributed by atoms with Crippen molar-refractivity contribution in [2.45, 2.75) is 58.0 Å². The van der Waals surface area contributed by atoms with Crippen molar-refractivity contribution in [1.29, 1.82) is 0 Å². The summed E-state index contributed by atoms with van der Waals surface area (Å²) in [7, 11) is 0. The lowest BCUT2D eigenvalue weighted by molar-refractivity contribution is -0.0578. The number of aliphatic hydroxyl groups is 1. The standard InChI is InChI=1S/C17H26N2O3/c1-11(2)8-13-10-19(7-6-17(13,3)21)16(20)14-9-15(22-18-14)12-4-5-12/h9,11-13,21H,4-8,10H2,1-3H3/t13-,17+/m0/s1. The lowest BCUT2D eigenvalue weighted by Gasteiger charge is -2.43. The maximum atomic E-state index is 12.6. The molecule has 0 bridgehead atoms. The number of likely N-dealkylation sites (tertiary alicyclic amines) is 1. The molecule has 2 heterocycles. The van der Waals surface area contributed by atoms with Crippen LogP contribution in [-0.2, 0) is 0 Å². The predicted molar refractivity (Wildman–Crippen MR) is 82.6 cm³/mol. The molecule has 1 N–H and O–H groups in total. The molecule has 0 unspecified atom stereocenters. The summed E-state index contributed by atoms with van der Waals surface area (Å²) in [4.78, 5) is 14.4. The van der Waals surface area contributed by atoms with Crippen molar-refractivity contribution < 1.29 is 14.4 Å². The minimum Gasteiger partial charge on any atom is -0.390 e. The van der Waals surface area contributed by atoms with E-state index in [1.165, 1.54) is 0 Å². The predicted octanol–water partition coefficient (Wildman–Crippen LogP) is 2.81. The van der Waals surface area contributed by atoms with Gasteiger partial charge in [-0.25, -0.2) is 0 Å². The van der Waals surface area contributed by atoms with Crippen molar-refractivity contribution in [2.24, 2.45) is 11.8 Å². The van der Waals surface area contributed by atoms with E-state index in [0.717, 1.165) is 25.0 Å². The summed E-state index contributed by atoms with van der Waals surface area (Å²) >= 11 is 0. The molecule has 1 aromatic heterocycles. The fourth-order valence-corrected chi connectivity index (χ4v) is 3.31. The lowest BCUT2D eigenvalue weighted by atomic mass is 9.78. The van der Waals surface area contributed by atoms with E-state index in [2.05, 4.69) is 19.0 Å². The van der Waals surface area contributed by atoms with E-state index in [1.807, 2.05) is 11.8 Å². The summed E-state index contributed by atoms with van der Waals surface area (Å²) in [6.07, 6.45) is 3.80. The second-order valence-electron chi connectivity index (χ2n) is 7.57. The largest absolute Gasteiger partial charge is 0.390 e. The fraction of sp³-hybridized carbons (Fsp3) is 0.765.